The fourth-order valence-electron chi connectivity index (χ4n) is 0.734. The molecule has 0 radical (unpaired) electrons. The second-order valence-electron chi connectivity index (χ2n) is 1.91. The van der Waals surface area contributed by atoms with Crippen molar-refractivity contribution in [3.63, 3.8) is 0 Å². The summed E-state index contributed by atoms with van der Waals surface area (Å²) in [5.74, 6) is -1.02. The number of hydrogen-bond acceptors (Lipinski definition) is 2. The monoisotopic (exact) mass is 212 g/mol. The van der Waals surface area contributed by atoms with E-state index in [1.54, 1.807) is 18.2 Å². The zero-order valence-electron chi connectivity index (χ0n) is 5.52. The van der Waals surface area contributed by atoms with Gasteiger partial charge in [-0.3, -0.25) is 0 Å². The Hall–Kier alpha value is -0.952. The van der Waals surface area contributed by atoms with Crippen LogP contribution in [-0.4, -0.2) is 26.8 Å². The van der Waals surface area contributed by atoms with E-state index in [0.29, 0.717) is 4.35 Å². The van der Waals surface area contributed by atoms with E-state index in [-0.39, 0.29) is 5.56 Å². The van der Waals surface area contributed by atoms with Crippen molar-refractivity contribution in [2.24, 2.45) is 0 Å². The van der Waals surface area contributed by atoms with E-state index >= 15 is 0 Å². The summed E-state index contributed by atoms with van der Waals surface area (Å²) >= 11 is -1.24. The molecule has 0 fully saturated rings. The van der Waals surface area contributed by atoms with Gasteiger partial charge in [-0.2, -0.15) is 0 Å². The Morgan fingerprint density at radius 1 is 1.36 bits per heavy atom. The van der Waals surface area contributed by atoms with Crippen LogP contribution in [0.3, 0.4) is 0 Å². The van der Waals surface area contributed by atoms with E-state index < -0.39 is 21.7 Å². The molecule has 0 heterocycles. The van der Waals surface area contributed by atoms with Gasteiger partial charge in [-0.15, -0.1) is 0 Å². The summed E-state index contributed by atoms with van der Waals surface area (Å²) in [5.41, 5.74) is 0.141. The molecule has 1 N–H and O–H groups in total. The van der Waals surface area contributed by atoms with Gasteiger partial charge in [0.25, 0.3) is 0 Å². The van der Waals surface area contributed by atoms with Crippen LogP contribution in [0.2, 0.25) is 0 Å². The quantitative estimate of drug-likeness (QED) is 0.705. The SMILES string of the molecule is O=[As]c1ccccc1C(=O)O. The fraction of sp³-hybridized carbons (Fsp3) is 0. The van der Waals surface area contributed by atoms with Crippen molar-refractivity contribution in [2.45, 2.75) is 0 Å². The molecule has 0 saturated carbocycles. The number of carboxylic acid groups (broad SMARTS) is 1. The van der Waals surface area contributed by atoms with Crippen molar-refractivity contribution < 1.29 is 13.6 Å². The molecular weight excluding hydrogens is 207 g/mol. The predicted octanol–water partition coefficient (Wildman–Crippen LogP) is 0.0598. The summed E-state index contributed by atoms with van der Waals surface area (Å²) < 4.78 is 10.9. The van der Waals surface area contributed by atoms with Gasteiger partial charge in [-0.1, -0.05) is 0 Å². The number of aromatic carboxylic acids is 1. The second kappa shape index (κ2) is 3.44. The minimum absolute atomic E-state index is 0.141. The Labute approximate surface area is 70.0 Å². The van der Waals surface area contributed by atoms with Gasteiger partial charge in [0.1, 0.15) is 0 Å². The van der Waals surface area contributed by atoms with Crippen molar-refractivity contribution >= 4 is 26.0 Å². The summed E-state index contributed by atoms with van der Waals surface area (Å²) in [6.07, 6.45) is 0. The van der Waals surface area contributed by atoms with Crippen LogP contribution >= 0.6 is 0 Å². The molecule has 0 spiro atoms. The van der Waals surface area contributed by atoms with Gasteiger partial charge in [0.2, 0.25) is 0 Å². The van der Waals surface area contributed by atoms with Crippen LogP contribution < -0.4 is 4.35 Å². The van der Waals surface area contributed by atoms with Gasteiger partial charge in [-0.25, -0.2) is 0 Å². The molecule has 0 aliphatic heterocycles. The number of hydrogen-bond donors (Lipinski definition) is 1. The molecule has 0 aliphatic rings. The maximum atomic E-state index is 10.5. The molecule has 0 aliphatic carbocycles. The fourth-order valence-corrected chi connectivity index (χ4v) is 1.61. The first-order valence-corrected chi connectivity index (χ1v) is 4.62. The van der Waals surface area contributed by atoms with Gasteiger partial charge in [-0.05, 0) is 0 Å². The summed E-state index contributed by atoms with van der Waals surface area (Å²) in [6, 6.07) is 6.31. The standard InChI is InChI=1S/C7H5AsO3/c9-7(10)5-3-1-2-4-6(5)8-11/h1-4H,(H,9,10). The van der Waals surface area contributed by atoms with Crippen molar-refractivity contribution in [3.05, 3.63) is 29.8 Å². The van der Waals surface area contributed by atoms with E-state index in [9.17, 15) is 8.53 Å². The molecule has 0 amide bonds. The van der Waals surface area contributed by atoms with Crippen LogP contribution in [-0.2, 0) is 3.74 Å². The van der Waals surface area contributed by atoms with Crippen molar-refractivity contribution in [1.82, 2.24) is 0 Å². The van der Waals surface area contributed by atoms with Crippen molar-refractivity contribution in [2.75, 3.05) is 0 Å². The van der Waals surface area contributed by atoms with Crippen LogP contribution in [0.1, 0.15) is 10.4 Å². The zero-order chi connectivity index (χ0) is 8.27. The van der Waals surface area contributed by atoms with Crippen LogP contribution in [0.5, 0.6) is 0 Å². The van der Waals surface area contributed by atoms with Gasteiger partial charge in [0.05, 0.1) is 0 Å². The van der Waals surface area contributed by atoms with Gasteiger partial charge >= 0.3 is 69.5 Å². The number of carboxylic acids is 1. The number of rotatable bonds is 2. The Morgan fingerprint density at radius 3 is 2.45 bits per heavy atom. The van der Waals surface area contributed by atoms with Crippen LogP contribution in [0.4, 0.5) is 0 Å². The molecule has 0 bridgehead atoms. The molecule has 1 aromatic rings. The molecule has 3 nitrogen and oxygen atoms in total. The van der Waals surface area contributed by atoms with E-state index in [4.69, 9.17) is 5.11 Å². The topological polar surface area (TPSA) is 54.4 Å². The first-order chi connectivity index (χ1) is 5.25. The van der Waals surface area contributed by atoms with Crippen LogP contribution in [0.25, 0.3) is 0 Å². The molecule has 4 heteroatoms. The van der Waals surface area contributed by atoms with Crippen molar-refractivity contribution in [3.8, 4) is 0 Å². The van der Waals surface area contributed by atoms with E-state index in [0.717, 1.165) is 0 Å². The number of carbonyl (C=O) groups is 1. The summed E-state index contributed by atoms with van der Waals surface area (Å²) in [5, 5.41) is 8.57. The summed E-state index contributed by atoms with van der Waals surface area (Å²) in [7, 11) is 0. The molecule has 0 aromatic heterocycles. The number of benzene rings is 1. The third kappa shape index (κ3) is 1.75. The van der Waals surface area contributed by atoms with Gasteiger partial charge < -0.3 is 0 Å². The van der Waals surface area contributed by atoms with Crippen LogP contribution in [0, 0.1) is 0 Å². The van der Waals surface area contributed by atoms with E-state index in [1.165, 1.54) is 6.07 Å². The van der Waals surface area contributed by atoms with Gasteiger partial charge in [0, 0.05) is 0 Å². The van der Waals surface area contributed by atoms with E-state index in [2.05, 4.69) is 0 Å². The Balaban J connectivity index is 3.22. The Bertz CT molecular complexity index is 295. The molecule has 56 valence electrons. The third-order valence-corrected chi connectivity index (χ3v) is 2.46. The third-order valence-electron chi connectivity index (χ3n) is 1.23. The van der Waals surface area contributed by atoms with Crippen molar-refractivity contribution in [1.29, 1.82) is 0 Å². The average molecular weight is 212 g/mol. The Kier molecular flexibility index (Phi) is 2.55. The molecule has 11 heavy (non-hydrogen) atoms. The Morgan fingerprint density at radius 2 is 2.00 bits per heavy atom. The van der Waals surface area contributed by atoms with E-state index in [1.807, 2.05) is 0 Å². The molecule has 1 aromatic carbocycles. The predicted molar refractivity (Wildman–Crippen MR) is 39.5 cm³/mol. The summed E-state index contributed by atoms with van der Waals surface area (Å²) in [6.45, 7) is 0. The zero-order valence-corrected chi connectivity index (χ0v) is 7.40. The normalized spacial score (nSPS) is 9.82. The van der Waals surface area contributed by atoms with Crippen LogP contribution in [0.15, 0.2) is 24.3 Å². The molecule has 0 atom stereocenters. The summed E-state index contributed by atoms with van der Waals surface area (Å²) in [4.78, 5) is 10.5. The molecule has 0 saturated heterocycles. The average Bonchev–Trinajstić information content (AvgIpc) is 2.04. The maximum absolute atomic E-state index is 10.5. The molecular formula is C7H5AsO3. The minimum atomic E-state index is -1.24. The molecule has 0 unspecified atom stereocenters. The molecule has 1 rings (SSSR count). The second-order valence-corrected chi connectivity index (χ2v) is 3.31. The first-order valence-electron chi connectivity index (χ1n) is 2.91. The van der Waals surface area contributed by atoms with Gasteiger partial charge in [0.15, 0.2) is 0 Å². The first kappa shape index (κ1) is 8.15.